The van der Waals surface area contributed by atoms with Crippen LogP contribution in [0.3, 0.4) is 0 Å². The number of aryl methyl sites for hydroxylation is 2. The van der Waals surface area contributed by atoms with Crippen LogP contribution in [-0.4, -0.2) is 6.71 Å². The van der Waals surface area contributed by atoms with Crippen molar-refractivity contribution in [3.63, 3.8) is 0 Å². The molecule has 0 saturated heterocycles. The van der Waals surface area contributed by atoms with Crippen LogP contribution in [0, 0.1) is 13.8 Å². The van der Waals surface area contributed by atoms with Crippen LogP contribution in [0.2, 0.25) is 0 Å². The number of anilines is 9. The van der Waals surface area contributed by atoms with Crippen molar-refractivity contribution in [1.82, 2.24) is 0 Å². The number of fused-ring (bicyclic) bond motifs is 4. The number of allylic oxidation sites excluding steroid dienone is 4. The highest BCUT2D eigenvalue weighted by Crippen LogP contribution is 2.49. The molecule has 0 fully saturated rings. The van der Waals surface area contributed by atoms with E-state index in [2.05, 4.69) is 283 Å². The minimum absolute atomic E-state index is 0.0862. The van der Waals surface area contributed by atoms with Gasteiger partial charge in [0.1, 0.15) is 0 Å². The molecule has 10 aromatic carbocycles. The first kappa shape index (κ1) is 43.2. The summed E-state index contributed by atoms with van der Waals surface area (Å²) in [7, 11) is 0. The minimum Gasteiger partial charge on any atom is -0.311 e. The zero-order valence-corrected chi connectivity index (χ0v) is 40.6. The van der Waals surface area contributed by atoms with Crippen LogP contribution in [0.1, 0.15) is 29.5 Å². The van der Waals surface area contributed by atoms with Crippen molar-refractivity contribution in [2.45, 2.75) is 26.7 Å². The van der Waals surface area contributed by atoms with Crippen LogP contribution in [0.25, 0.3) is 39.0 Å². The molecule has 0 radical (unpaired) electrons. The third-order valence-corrected chi connectivity index (χ3v) is 14.7. The van der Waals surface area contributed by atoms with E-state index in [9.17, 15) is 0 Å². The summed E-state index contributed by atoms with van der Waals surface area (Å²) in [6.07, 6.45) is 9.16. The fourth-order valence-corrected chi connectivity index (χ4v) is 11.3. The van der Waals surface area contributed by atoms with E-state index in [0.29, 0.717) is 0 Å². The lowest BCUT2D eigenvalue weighted by Gasteiger charge is -2.45. The predicted molar refractivity (Wildman–Crippen MR) is 307 cm³/mol. The molecule has 4 heteroatoms. The van der Waals surface area contributed by atoms with Crippen LogP contribution >= 0.6 is 0 Å². The van der Waals surface area contributed by atoms with Gasteiger partial charge in [-0.2, -0.15) is 0 Å². The van der Waals surface area contributed by atoms with E-state index in [0.717, 1.165) is 52.7 Å². The maximum atomic E-state index is 2.55. The quantitative estimate of drug-likeness (QED) is 0.134. The summed E-state index contributed by atoms with van der Waals surface area (Å²) in [5.74, 6) is 0. The standard InChI is InChI=1S/C68H52BN3/c1-47-17-15-27-59(41-47)70(60-28-16-18-48(2)42-60)61-45-66-68-67(46-61)72(58-37-31-54(32-38-58)50-21-9-4-10-22-50)65-40-34-56(52-25-13-6-14-26-52)44-63(65)69(68)62-43-55(51-23-11-5-12-24-51)33-39-64(62)71(66)57-35-29-53(30-36-57)49-19-7-3-8-20-49/h3-5,7-13,15-46H,6,14H2,1-2H3. The maximum absolute atomic E-state index is 2.55. The second-order valence-corrected chi connectivity index (χ2v) is 19.4. The first-order valence-corrected chi connectivity index (χ1v) is 25.3. The van der Waals surface area contributed by atoms with Gasteiger partial charge >= 0.3 is 0 Å². The molecule has 10 aromatic rings. The molecule has 1 aliphatic carbocycles. The van der Waals surface area contributed by atoms with E-state index in [1.54, 1.807) is 0 Å². The van der Waals surface area contributed by atoms with Gasteiger partial charge in [-0.15, -0.1) is 0 Å². The Bertz CT molecular complexity index is 3650. The molecular weight excluding hydrogens is 870 g/mol. The molecule has 0 atom stereocenters. The SMILES string of the molecule is Cc1cccc(N(c2cccc(C)c2)c2cc3c4c(c2)N(c2ccc(-c5ccccc5)cc2)c2ccc(-c5ccccc5)cc2B4c2cc(C4=CCCC=C4)ccc2N3c2ccc(-c3ccccc3)cc2)c1. The summed E-state index contributed by atoms with van der Waals surface area (Å²) in [5, 5.41) is 0. The molecule has 3 aliphatic rings. The highest BCUT2D eigenvalue weighted by Gasteiger charge is 2.44. The van der Waals surface area contributed by atoms with Gasteiger partial charge in [-0.3, -0.25) is 0 Å². The Hall–Kier alpha value is -8.86. The molecule has 13 rings (SSSR count). The first-order valence-electron chi connectivity index (χ1n) is 25.3. The van der Waals surface area contributed by atoms with Gasteiger partial charge in [0.25, 0.3) is 6.71 Å². The fraction of sp³-hybridized carbons (Fsp3) is 0.0588. The molecule has 3 nitrogen and oxygen atoms in total. The minimum atomic E-state index is -0.0862. The molecule has 342 valence electrons. The Balaban J connectivity index is 1.13. The normalized spacial score (nSPS) is 13.2. The zero-order chi connectivity index (χ0) is 48.1. The smallest absolute Gasteiger partial charge is 0.252 e. The van der Waals surface area contributed by atoms with Crippen molar-refractivity contribution in [3.05, 3.63) is 272 Å². The van der Waals surface area contributed by atoms with Gasteiger partial charge in [-0.05, 0) is 172 Å². The third-order valence-electron chi connectivity index (χ3n) is 14.7. The highest BCUT2D eigenvalue weighted by atomic mass is 15.2. The summed E-state index contributed by atoms with van der Waals surface area (Å²) in [4.78, 5) is 7.54. The van der Waals surface area contributed by atoms with Gasteiger partial charge in [-0.1, -0.05) is 182 Å². The van der Waals surface area contributed by atoms with Gasteiger partial charge in [0.2, 0.25) is 0 Å². The molecule has 0 saturated carbocycles. The van der Waals surface area contributed by atoms with Crippen LogP contribution in [0.4, 0.5) is 51.2 Å². The molecule has 0 aromatic heterocycles. The lowest BCUT2D eigenvalue weighted by atomic mass is 9.33. The Morgan fingerprint density at radius 1 is 0.361 bits per heavy atom. The average Bonchev–Trinajstić information content (AvgIpc) is 3.44. The number of hydrogen-bond acceptors (Lipinski definition) is 3. The van der Waals surface area contributed by atoms with Crippen LogP contribution < -0.4 is 31.1 Å². The monoisotopic (exact) mass is 921 g/mol. The molecule has 72 heavy (non-hydrogen) atoms. The predicted octanol–water partition coefficient (Wildman–Crippen LogP) is 16.6. The Morgan fingerprint density at radius 2 is 0.806 bits per heavy atom. The van der Waals surface area contributed by atoms with Crippen molar-refractivity contribution in [2.75, 3.05) is 14.7 Å². The highest BCUT2D eigenvalue weighted by molar-refractivity contribution is 7.00. The van der Waals surface area contributed by atoms with Crippen molar-refractivity contribution < 1.29 is 0 Å². The molecular formula is C68H52BN3. The third kappa shape index (κ3) is 7.73. The summed E-state index contributed by atoms with van der Waals surface area (Å²) in [6, 6.07) is 87.8. The topological polar surface area (TPSA) is 9.72 Å². The summed E-state index contributed by atoms with van der Waals surface area (Å²) < 4.78 is 0. The maximum Gasteiger partial charge on any atom is 0.252 e. The molecule has 0 unspecified atom stereocenters. The number of hydrogen-bond donors (Lipinski definition) is 0. The number of nitrogens with zero attached hydrogens (tertiary/aromatic N) is 3. The Labute approximate surface area is 424 Å². The van der Waals surface area contributed by atoms with E-state index >= 15 is 0 Å². The van der Waals surface area contributed by atoms with E-state index in [-0.39, 0.29) is 6.71 Å². The average molecular weight is 922 g/mol. The van der Waals surface area contributed by atoms with Crippen LogP contribution in [0.15, 0.2) is 255 Å². The van der Waals surface area contributed by atoms with E-state index in [1.807, 2.05) is 0 Å². The lowest BCUT2D eigenvalue weighted by molar-refractivity contribution is 1.04. The molecule has 0 spiro atoms. The second-order valence-electron chi connectivity index (χ2n) is 19.4. The second kappa shape index (κ2) is 18.1. The Kier molecular flexibility index (Phi) is 10.9. The number of rotatable bonds is 9. The lowest BCUT2D eigenvalue weighted by Crippen LogP contribution is -2.61. The van der Waals surface area contributed by atoms with Crippen molar-refractivity contribution in [3.8, 4) is 33.4 Å². The molecule has 0 N–H and O–H groups in total. The zero-order valence-electron chi connectivity index (χ0n) is 40.6. The van der Waals surface area contributed by atoms with Crippen molar-refractivity contribution in [1.29, 1.82) is 0 Å². The summed E-state index contributed by atoms with van der Waals surface area (Å²) in [6.45, 7) is 4.29. The van der Waals surface area contributed by atoms with Gasteiger partial charge in [-0.25, -0.2) is 0 Å². The van der Waals surface area contributed by atoms with Crippen LogP contribution in [0.5, 0.6) is 0 Å². The van der Waals surface area contributed by atoms with Crippen molar-refractivity contribution in [2.24, 2.45) is 0 Å². The van der Waals surface area contributed by atoms with Crippen LogP contribution in [-0.2, 0) is 0 Å². The first-order chi connectivity index (χ1) is 35.5. The Morgan fingerprint density at radius 3 is 1.28 bits per heavy atom. The van der Waals surface area contributed by atoms with Crippen molar-refractivity contribution >= 4 is 79.9 Å². The molecule has 2 heterocycles. The molecule has 0 amide bonds. The van der Waals surface area contributed by atoms with Gasteiger partial charge in [0, 0.05) is 45.5 Å². The van der Waals surface area contributed by atoms with Gasteiger partial charge < -0.3 is 14.7 Å². The van der Waals surface area contributed by atoms with Gasteiger partial charge in [0.05, 0.1) is 5.69 Å². The van der Waals surface area contributed by atoms with Gasteiger partial charge in [0.15, 0.2) is 0 Å². The largest absolute Gasteiger partial charge is 0.311 e. The molecule has 2 aliphatic heterocycles. The van der Waals surface area contributed by atoms with E-state index in [1.165, 1.54) is 83.4 Å². The fourth-order valence-electron chi connectivity index (χ4n) is 11.3. The van der Waals surface area contributed by atoms with E-state index < -0.39 is 0 Å². The summed E-state index contributed by atoms with van der Waals surface area (Å²) in [5.41, 5.74) is 26.2. The summed E-state index contributed by atoms with van der Waals surface area (Å²) >= 11 is 0. The molecule has 0 bridgehead atoms. The van der Waals surface area contributed by atoms with E-state index in [4.69, 9.17) is 0 Å². The number of benzene rings is 10.